The molecule has 130 valence electrons. The molecule has 2 rings (SSSR count). The van der Waals surface area contributed by atoms with Gasteiger partial charge in [0.1, 0.15) is 11.1 Å². The molecule has 1 aromatic heterocycles. The van der Waals surface area contributed by atoms with Gasteiger partial charge in [0.2, 0.25) is 5.91 Å². The van der Waals surface area contributed by atoms with Crippen LogP contribution in [0.5, 0.6) is 0 Å². The van der Waals surface area contributed by atoms with Gasteiger partial charge in [-0.2, -0.15) is 5.26 Å². The molecule has 0 spiro atoms. The Hall–Kier alpha value is -1.58. The SMILES string of the molecule is Cc1nc(SCC(=O)NCCCOCC2CC2)c(C#N)c(C)c1C. The predicted molar refractivity (Wildman–Crippen MR) is 95.1 cm³/mol. The number of nitriles is 1. The molecule has 1 aliphatic carbocycles. The molecule has 24 heavy (non-hydrogen) atoms. The summed E-state index contributed by atoms with van der Waals surface area (Å²) in [4.78, 5) is 16.4. The van der Waals surface area contributed by atoms with Gasteiger partial charge < -0.3 is 10.1 Å². The Balaban J connectivity index is 1.72. The fourth-order valence-electron chi connectivity index (χ4n) is 2.27. The van der Waals surface area contributed by atoms with Gasteiger partial charge in [-0.3, -0.25) is 4.79 Å². The third-order valence-electron chi connectivity index (χ3n) is 4.25. The summed E-state index contributed by atoms with van der Waals surface area (Å²) in [6.45, 7) is 7.99. The first kappa shape index (κ1) is 18.8. The quantitative estimate of drug-likeness (QED) is 0.549. The van der Waals surface area contributed by atoms with Crippen LogP contribution in [0, 0.1) is 38.0 Å². The Kier molecular flexibility index (Phi) is 7.07. The highest BCUT2D eigenvalue weighted by Crippen LogP contribution is 2.28. The molecule has 0 saturated heterocycles. The van der Waals surface area contributed by atoms with Crippen molar-refractivity contribution < 1.29 is 9.53 Å². The number of ether oxygens (including phenoxy) is 1. The van der Waals surface area contributed by atoms with Crippen molar-refractivity contribution in [3.63, 3.8) is 0 Å². The molecule has 1 heterocycles. The lowest BCUT2D eigenvalue weighted by atomic mass is 10.1. The summed E-state index contributed by atoms with van der Waals surface area (Å²) in [5, 5.41) is 12.9. The molecule has 1 aliphatic rings. The van der Waals surface area contributed by atoms with Gasteiger partial charge in [0.25, 0.3) is 0 Å². The first-order valence-electron chi connectivity index (χ1n) is 8.38. The number of aryl methyl sites for hydroxylation is 1. The summed E-state index contributed by atoms with van der Waals surface area (Å²) < 4.78 is 5.53. The Bertz CT molecular complexity index is 636. The minimum Gasteiger partial charge on any atom is -0.381 e. The minimum atomic E-state index is -0.0382. The molecule has 0 radical (unpaired) electrons. The monoisotopic (exact) mass is 347 g/mol. The van der Waals surface area contributed by atoms with E-state index in [1.54, 1.807) is 0 Å². The van der Waals surface area contributed by atoms with Crippen LogP contribution in [0.25, 0.3) is 0 Å². The molecule has 0 aliphatic heterocycles. The van der Waals surface area contributed by atoms with Gasteiger partial charge in [-0.05, 0) is 57.1 Å². The number of rotatable bonds is 9. The number of amides is 1. The lowest BCUT2D eigenvalue weighted by Crippen LogP contribution is -2.27. The molecule has 1 amide bonds. The number of thioether (sulfide) groups is 1. The first-order chi connectivity index (χ1) is 11.5. The van der Waals surface area contributed by atoms with E-state index in [9.17, 15) is 10.1 Å². The summed E-state index contributed by atoms with van der Waals surface area (Å²) in [6.07, 6.45) is 3.42. The number of aromatic nitrogens is 1. The molecule has 0 bridgehead atoms. The minimum absolute atomic E-state index is 0.0382. The highest BCUT2D eigenvalue weighted by atomic mass is 32.2. The molecule has 0 atom stereocenters. The van der Waals surface area contributed by atoms with Gasteiger partial charge in [-0.1, -0.05) is 11.8 Å². The van der Waals surface area contributed by atoms with Crippen LogP contribution >= 0.6 is 11.8 Å². The smallest absolute Gasteiger partial charge is 0.230 e. The number of nitrogens with one attached hydrogen (secondary N) is 1. The Morgan fingerprint density at radius 3 is 2.79 bits per heavy atom. The zero-order valence-corrected chi connectivity index (χ0v) is 15.5. The van der Waals surface area contributed by atoms with Gasteiger partial charge in [0, 0.05) is 25.5 Å². The predicted octanol–water partition coefficient (Wildman–Crippen LogP) is 2.90. The fourth-order valence-corrected chi connectivity index (χ4v) is 3.18. The van der Waals surface area contributed by atoms with Crippen LogP contribution < -0.4 is 5.32 Å². The molecular weight excluding hydrogens is 322 g/mol. The summed E-state index contributed by atoms with van der Waals surface area (Å²) in [5.74, 6) is 1.01. The second-order valence-electron chi connectivity index (χ2n) is 6.25. The third kappa shape index (κ3) is 5.50. The van der Waals surface area contributed by atoms with Crippen LogP contribution in [0.4, 0.5) is 0 Å². The van der Waals surface area contributed by atoms with Crippen LogP contribution in [0.15, 0.2) is 5.03 Å². The summed E-state index contributed by atoms with van der Waals surface area (Å²) in [6, 6.07) is 2.20. The molecule has 6 heteroatoms. The molecule has 1 saturated carbocycles. The normalized spacial score (nSPS) is 13.6. The Morgan fingerprint density at radius 1 is 1.38 bits per heavy atom. The van der Waals surface area contributed by atoms with Crippen molar-refractivity contribution in [2.75, 3.05) is 25.5 Å². The van der Waals surface area contributed by atoms with Crippen LogP contribution in [-0.2, 0) is 9.53 Å². The number of carbonyl (C=O) groups is 1. The highest BCUT2D eigenvalue weighted by molar-refractivity contribution is 8.00. The van der Waals surface area contributed by atoms with Crippen molar-refractivity contribution in [2.45, 2.75) is 45.1 Å². The van der Waals surface area contributed by atoms with Crippen LogP contribution in [0.3, 0.4) is 0 Å². The maximum Gasteiger partial charge on any atom is 0.230 e. The summed E-state index contributed by atoms with van der Waals surface area (Å²) in [5.41, 5.74) is 3.46. The molecule has 1 fully saturated rings. The lowest BCUT2D eigenvalue weighted by Gasteiger charge is -2.11. The van der Waals surface area contributed by atoms with Crippen molar-refractivity contribution in [2.24, 2.45) is 5.92 Å². The summed E-state index contributed by atoms with van der Waals surface area (Å²) >= 11 is 1.32. The van der Waals surface area contributed by atoms with E-state index in [2.05, 4.69) is 16.4 Å². The Labute approximate surface area is 148 Å². The van der Waals surface area contributed by atoms with E-state index < -0.39 is 0 Å². The number of nitrogens with zero attached hydrogens (tertiary/aromatic N) is 2. The molecule has 1 N–H and O–H groups in total. The third-order valence-corrected chi connectivity index (χ3v) is 5.23. The van der Waals surface area contributed by atoms with E-state index >= 15 is 0 Å². The van der Waals surface area contributed by atoms with Gasteiger partial charge in [-0.25, -0.2) is 4.98 Å². The molecule has 0 aromatic carbocycles. The first-order valence-corrected chi connectivity index (χ1v) is 9.36. The summed E-state index contributed by atoms with van der Waals surface area (Å²) in [7, 11) is 0. The van der Waals surface area contributed by atoms with Crippen molar-refractivity contribution >= 4 is 17.7 Å². The maximum atomic E-state index is 11.9. The average Bonchev–Trinajstić information content (AvgIpc) is 3.38. The topological polar surface area (TPSA) is 75.0 Å². The van der Waals surface area contributed by atoms with E-state index in [0.29, 0.717) is 23.7 Å². The van der Waals surface area contributed by atoms with Crippen molar-refractivity contribution in [1.82, 2.24) is 10.3 Å². The molecule has 1 aromatic rings. The van der Waals surface area contributed by atoms with E-state index in [0.717, 1.165) is 35.8 Å². The zero-order chi connectivity index (χ0) is 17.5. The van der Waals surface area contributed by atoms with Crippen LogP contribution in [0.2, 0.25) is 0 Å². The lowest BCUT2D eigenvalue weighted by molar-refractivity contribution is -0.118. The van der Waals surface area contributed by atoms with Gasteiger partial charge in [0.15, 0.2) is 0 Å². The molecule has 5 nitrogen and oxygen atoms in total. The Morgan fingerprint density at radius 2 is 2.12 bits per heavy atom. The number of carbonyl (C=O) groups excluding carboxylic acids is 1. The second kappa shape index (κ2) is 9.05. The van der Waals surface area contributed by atoms with E-state index in [4.69, 9.17) is 4.74 Å². The highest BCUT2D eigenvalue weighted by Gasteiger charge is 2.20. The maximum absolute atomic E-state index is 11.9. The van der Waals surface area contributed by atoms with Crippen LogP contribution in [-0.4, -0.2) is 36.4 Å². The average molecular weight is 347 g/mol. The van der Waals surface area contributed by atoms with Gasteiger partial charge in [-0.15, -0.1) is 0 Å². The number of hydrogen-bond donors (Lipinski definition) is 1. The van der Waals surface area contributed by atoms with Crippen molar-refractivity contribution in [3.8, 4) is 6.07 Å². The van der Waals surface area contributed by atoms with Crippen LogP contribution in [0.1, 0.15) is 41.6 Å². The standard InChI is InChI=1S/C18H25N3O2S/c1-12-13(2)16(9-19)18(21-14(12)3)24-11-17(22)20-7-4-8-23-10-15-5-6-15/h15H,4-8,10-11H2,1-3H3,(H,20,22). The number of hydrogen-bond acceptors (Lipinski definition) is 5. The molecular formula is C18H25N3O2S. The fraction of sp³-hybridized carbons (Fsp3) is 0.611. The van der Waals surface area contributed by atoms with Crippen molar-refractivity contribution in [1.29, 1.82) is 5.26 Å². The van der Waals surface area contributed by atoms with Gasteiger partial charge >= 0.3 is 0 Å². The largest absolute Gasteiger partial charge is 0.381 e. The zero-order valence-electron chi connectivity index (χ0n) is 14.6. The second-order valence-corrected chi connectivity index (χ2v) is 7.21. The van der Waals surface area contributed by atoms with E-state index in [1.807, 2.05) is 20.8 Å². The number of pyridine rings is 1. The molecule has 0 unspecified atom stereocenters. The van der Waals surface area contributed by atoms with Crippen molar-refractivity contribution in [3.05, 3.63) is 22.4 Å². The van der Waals surface area contributed by atoms with Gasteiger partial charge in [0.05, 0.1) is 11.3 Å². The van der Waals surface area contributed by atoms with E-state index in [1.165, 1.54) is 24.6 Å². The van der Waals surface area contributed by atoms with E-state index in [-0.39, 0.29) is 11.7 Å².